The number of nitrogens with one attached hydrogen (secondary N) is 1. The summed E-state index contributed by atoms with van der Waals surface area (Å²) in [5.74, 6) is 1.81. The molecule has 1 saturated heterocycles. The van der Waals surface area contributed by atoms with Crippen LogP contribution < -0.4 is 10.2 Å². The zero-order valence-corrected chi connectivity index (χ0v) is 18.0. The van der Waals surface area contributed by atoms with Crippen molar-refractivity contribution in [2.24, 2.45) is 11.8 Å². The fourth-order valence-corrected chi connectivity index (χ4v) is 5.31. The van der Waals surface area contributed by atoms with Crippen LogP contribution >= 0.6 is 0 Å². The first-order valence-corrected chi connectivity index (χ1v) is 10.7. The van der Waals surface area contributed by atoms with Gasteiger partial charge in [-0.25, -0.2) is 0 Å². The normalized spacial score (nSPS) is 25.0. The van der Waals surface area contributed by atoms with E-state index in [1.165, 1.54) is 29.7 Å². The van der Waals surface area contributed by atoms with Gasteiger partial charge in [0.15, 0.2) is 6.29 Å². The minimum Gasteiger partial charge on any atom is -0.370 e. The second-order valence-electron chi connectivity index (χ2n) is 8.66. The third-order valence-corrected chi connectivity index (χ3v) is 6.72. The van der Waals surface area contributed by atoms with E-state index in [1.807, 2.05) is 7.05 Å². The number of hydrogen-bond donors (Lipinski definition) is 1. The number of rotatable bonds is 8. The highest BCUT2D eigenvalue weighted by atomic mass is 16.7. The second kappa shape index (κ2) is 8.93. The molecule has 0 saturated carbocycles. The molecule has 2 aliphatic rings. The lowest BCUT2D eigenvalue weighted by molar-refractivity contribution is -0.0585. The molecule has 0 bridgehead atoms. The summed E-state index contributed by atoms with van der Waals surface area (Å²) < 4.78 is 11.4. The highest BCUT2D eigenvalue weighted by molar-refractivity contribution is 5.64. The number of ether oxygens (including phenoxy) is 2. The SMILES string of the molecule is CCC1c2cc(C)c(C)cc2N(C)C1C(C)CC(CNC)CC1OCCO1. The Balaban J connectivity index is 1.75. The molecule has 2 aliphatic heterocycles. The van der Waals surface area contributed by atoms with Gasteiger partial charge in [-0.05, 0) is 74.9 Å². The van der Waals surface area contributed by atoms with Gasteiger partial charge in [0.1, 0.15) is 0 Å². The van der Waals surface area contributed by atoms with Gasteiger partial charge in [0.25, 0.3) is 0 Å². The van der Waals surface area contributed by atoms with Gasteiger partial charge in [0, 0.05) is 31.1 Å². The van der Waals surface area contributed by atoms with Crippen LogP contribution in [0, 0.1) is 25.7 Å². The Kier molecular flexibility index (Phi) is 6.83. The number of fused-ring (bicyclic) bond motifs is 1. The number of likely N-dealkylation sites (N-methyl/N-ethyl adjacent to an activating group) is 1. The number of aryl methyl sites for hydroxylation is 2. The summed E-state index contributed by atoms with van der Waals surface area (Å²) in [7, 11) is 4.34. The second-order valence-corrected chi connectivity index (χ2v) is 8.66. The maximum absolute atomic E-state index is 5.72. The van der Waals surface area contributed by atoms with E-state index < -0.39 is 0 Å². The van der Waals surface area contributed by atoms with Gasteiger partial charge in [-0.3, -0.25) is 0 Å². The Morgan fingerprint density at radius 1 is 1.19 bits per heavy atom. The summed E-state index contributed by atoms with van der Waals surface area (Å²) in [5, 5.41) is 3.38. The maximum Gasteiger partial charge on any atom is 0.158 e. The number of hydrogen-bond acceptors (Lipinski definition) is 4. The monoisotopic (exact) mass is 374 g/mol. The molecule has 0 radical (unpaired) electrons. The molecular weight excluding hydrogens is 336 g/mol. The molecule has 4 unspecified atom stereocenters. The lowest BCUT2D eigenvalue weighted by atomic mass is 9.80. The molecule has 2 heterocycles. The van der Waals surface area contributed by atoms with E-state index in [-0.39, 0.29) is 6.29 Å². The minimum absolute atomic E-state index is 0.0127. The molecule has 4 heteroatoms. The van der Waals surface area contributed by atoms with Gasteiger partial charge < -0.3 is 19.7 Å². The first kappa shape index (κ1) is 20.6. The zero-order chi connectivity index (χ0) is 19.6. The molecule has 152 valence electrons. The average molecular weight is 375 g/mol. The molecule has 0 spiro atoms. The zero-order valence-electron chi connectivity index (χ0n) is 18.0. The summed E-state index contributed by atoms with van der Waals surface area (Å²) >= 11 is 0. The number of benzene rings is 1. The van der Waals surface area contributed by atoms with Crippen LogP contribution in [0.4, 0.5) is 5.69 Å². The van der Waals surface area contributed by atoms with Gasteiger partial charge in [0.05, 0.1) is 13.2 Å². The van der Waals surface area contributed by atoms with Crippen LogP contribution in [-0.2, 0) is 9.47 Å². The summed E-state index contributed by atoms with van der Waals surface area (Å²) in [5.41, 5.74) is 5.80. The van der Waals surface area contributed by atoms with Crippen LogP contribution in [-0.4, -0.2) is 46.2 Å². The molecule has 0 aliphatic carbocycles. The fourth-order valence-electron chi connectivity index (χ4n) is 5.31. The van der Waals surface area contributed by atoms with E-state index >= 15 is 0 Å². The highest BCUT2D eigenvalue weighted by Gasteiger charge is 2.39. The van der Waals surface area contributed by atoms with Gasteiger partial charge >= 0.3 is 0 Å². The molecule has 1 aromatic carbocycles. The van der Waals surface area contributed by atoms with Gasteiger partial charge in [-0.2, -0.15) is 0 Å². The van der Waals surface area contributed by atoms with Crippen molar-refractivity contribution in [3.8, 4) is 0 Å². The van der Waals surface area contributed by atoms with Gasteiger partial charge in [0.2, 0.25) is 0 Å². The van der Waals surface area contributed by atoms with Crippen molar-refractivity contribution in [1.82, 2.24) is 5.32 Å². The Morgan fingerprint density at radius 3 is 2.48 bits per heavy atom. The Hall–Kier alpha value is -1.10. The van der Waals surface area contributed by atoms with Crippen molar-refractivity contribution in [1.29, 1.82) is 0 Å². The Morgan fingerprint density at radius 2 is 1.85 bits per heavy atom. The molecule has 0 amide bonds. The number of nitrogens with zero attached hydrogens (tertiary/aromatic N) is 1. The van der Waals surface area contributed by atoms with Crippen molar-refractivity contribution in [2.75, 3.05) is 38.8 Å². The highest BCUT2D eigenvalue weighted by Crippen LogP contribution is 2.46. The smallest absolute Gasteiger partial charge is 0.158 e. The van der Waals surface area contributed by atoms with E-state index in [0.29, 0.717) is 23.8 Å². The predicted octanol–water partition coefficient (Wildman–Crippen LogP) is 4.24. The van der Waals surface area contributed by atoms with Crippen LogP contribution in [0.1, 0.15) is 55.7 Å². The van der Waals surface area contributed by atoms with E-state index in [0.717, 1.165) is 26.2 Å². The first-order chi connectivity index (χ1) is 13.0. The maximum atomic E-state index is 5.72. The molecule has 0 aromatic heterocycles. The predicted molar refractivity (Wildman–Crippen MR) is 113 cm³/mol. The molecule has 1 fully saturated rings. The quantitative estimate of drug-likeness (QED) is 0.738. The van der Waals surface area contributed by atoms with Crippen LogP contribution in [0.25, 0.3) is 0 Å². The van der Waals surface area contributed by atoms with E-state index in [9.17, 15) is 0 Å². The molecule has 4 atom stereocenters. The molecule has 3 rings (SSSR count). The van der Waals surface area contributed by atoms with Gasteiger partial charge in [-0.1, -0.05) is 19.9 Å². The van der Waals surface area contributed by atoms with Crippen molar-refractivity contribution in [2.45, 2.75) is 65.2 Å². The third-order valence-electron chi connectivity index (χ3n) is 6.72. The van der Waals surface area contributed by atoms with Crippen LogP contribution in [0.5, 0.6) is 0 Å². The van der Waals surface area contributed by atoms with E-state index in [2.05, 4.69) is 57.1 Å². The lowest BCUT2D eigenvalue weighted by Crippen LogP contribution is -2.38. The van der Waals surface area contributed by atoms with E-state index in [1.54, 1.807) is 5.56 Å². The van der Waals surface area contributed by atoms with Crippen molar-refractivity contribution >= 4 is 5.69 Å². The topological polar surface area (TPSA) is 33.7 Å². The minimum atomic E-state index is -0.0127. The molecule has 1 N–H and O–H groups in total. The number of anilines is 1. The Labute approximate surface area is 165 Å². The molecule has 4 nitrogen and oxygen atoms in total. The van der Waals surface area contributed by atoms with Crippen molar-refractivity contribution < 1.29 is 9.47 Å². The molecular formula is C23H38N2O2. The van der Waals surface area contributed by atoms with Crippen LogP contribution in [0.3, 0.4) is 0 Å². The lowest BCUT2D eigenvalue weighted by Gasteiger charge is -2.34. The molecule has 27 heavy (non-hydrogen) atoms. The third kappa shape index (κ3) is 4.33. The molecule has 1 aromatic rings. The summed E-state index contributed by atoms with van der Waals surface area (Å²) in [6.45, 7) is 11.7. The van der Waals surface area contributed by atoms with Crippen LogP contribution in [0.2, 0.25) is 0 Å². The van der Waals surface area contributed by atoms with Crippen LogP contribution in [0.15, 0.2) is 12.1 Å². The standard InChI is InChI=1S/C23H38N2O2/c1-7-19-20-11-15(2)16(3)12-21(20)25(6)23(19)17(4)10-18(14-24-5)13-22-26-8-9-27-22/h11-12,17-19,22-24H,7-10,13-14H2,1-6H3. The van der Waals surface area contributed by atoms with E-state index in [4.69, 9.17) is 9.47 Å². The Bertz CT molecular complexity index is 627. The first-order valence-electron chi connectivity index (χ1n) is 10.7. The summed E-state index contributed by atoms with van der Waals surface area (Å²) in [4.78, 5) is 2.56. The summed E-state index contributed by atoms with van der Waals surface area (Å²) in [6.07, 6.45) is 3.37. The van der Waals surface area contributed by atoms with Gasteiger partial charge in [-0.15, -0.1) is 0 Å². The fraction of sp³-hybridized carbons (Fsp3) is 0.739. The summed E-state index contributed by atoms with van der Waals surface area (Å²) in [6, 6.07) is 5.40. The van der Waals surface area contributed by atoms with Crippen molar-refractivity contribution in [3.63, 3.8) is 0 Å². The largest absolute Gasteiger partial charge is 0.370 e. The average Bonchev–Trinajstić information content (AvgIpc) is 3.22. The van der Waals surface area contributed by atoms with Crippen molar-refractivity contribution in [3.05, 3.63) is 28.8 Å².